The molecule has 26 heavy (non-hydrogen) atoms. The van der Waals surface area contributed by atoms with Crippen molar-refractivity contribution in [1.82, 2.24) is 5.32 Å². The molecule has 0 bridgehead atoms. The molecule has 1 aliphatic rings. The zero-order valence-corrected chi connectivity index (χ0v) is 15.3. The molecule has 1 aliphatic carbocycles. The second kappa shape index (κ2) is 8.04. The fourth-order valence-corrected chi connectivity index (χ4v) is 2.97. The normalized spacial score (nSPS) is 13.6. The number of carbonyl (C=O) groups is 2. The van der Waals surface area contributed by atoms with E-state index in [0.717, 1.165) is 30.5 Å². The summed E-state index contributed by atoms with van der Waals surface area (Å²) in [6, 6.07) is 15.3. The Bertz CT molecular complexity index is 783. The van der Waals surface area contributed by atoms with Crippen molar-refractivity contribution in [3.05, 3.63) is 59.7 Å². The third-order valence-corrected chi connectivity index (χ3v) is 4.76. The van der Waals surface area contributed by atoms with Gasteiger partial charge in [-0.2, -0.15) is 0 Å². The topological polar surface area (TPSA) is 61.4 Å². The van der Waals surface area contributed by atoms with Gasteiger partial charge in [-0.05, 0) is 36.6 Å². The van der Waals surface area contributed by atoms with Gasteiger partial charge in [-0.1, -0.05) is 36.8 Å². The second-order valence-corrected chi connectivity index (χ2v) is 6.91. The molecular weight excluding hydrogens is 326 g/mol. The summed E-state index contributed by atoms with van der Waals surface area (Å²) in [7, 11) is 3.80. The van der Waals surface area contributed by atoms with E-state index in [1.54, 1.807) is 6.07 Å². The molecule has 5 nitrogen and oxygen atoms in total. The van der Waals surface area contributed by atoms with Gasteiger partial charge in [0.25, 0.3) is 5.91 Å². The predicted molar refractivity (Wildman–Crippen MR) is 104 cm³/mol. The van der Waals surface area contributed by atoms with Crippen LogP contribution in [-0.2, 0) is 11.3 Å². The Morgan fingerprint density at radius 2 is 1.81 bits per heavy atom. The maximum absolute atomic E-state index is 12.7. The average molecular weight is 351 g/mol. The Morgan fingerprint density at radius 3 is 2.42 bits per heavy atom. The van der Waals surface area contributed by atoms with Crippen LogP contribution in [0.1, 0.15) is 35.2 Å². The number of anilines is 2. The van der Waals surface area contributed by atoms with E-state index in [4.69, 9.17) is 0 Å². The Morgan fingerprint density at radius 1 is 1.08 bits per heavy atom. The van der Waals surface area contributed by atoms with Gasteiger partial charge in [0.05, 0.1) is 5.56 Å². The van der Waals surface area contributed by atoms with E-state index in [2.05, 4.69) is 10.6 Å². The molecule has 3 rings (SSSR count). The monoisotopic (exact) mass is 351 g/mol. The molecule has 2 amide bonds. The molecule has 136 valence electrons. The van der Waals surface area contributed by atoms with Crippen molar-refractivity contribution in [1.29, 1.82) is 0 Å². The minimum Gasteiger partial charge on any atom is -0.377 e. The lowest BCUT2D eigenvalue weighted by atomic mass is 9.85. The van der Waals surface area contributed by atoms with E-state index >= 15 is 0 Å². The van der Waals surface area contributed by atoms with Crippen LogP contribution in [0.3, 0.4) is 0 Å². The SMILES string of the molecule is CN(C)c1ccc(NC(=O)C2CCC2)cc1C(=O)NCc1ccccc1. The first-order valence-electron chi connectivity index (χ1n) is 8.99. The van der Waals surface area contributed by atoms with Gasteiger partial charge in [-0.3, -0.25) is 9.59 Å². The van der Waals surface area contributed by atoms with Crippen LogP contribution in [-0.4, -0.2) is 25.9 Å². The fraction of sp³-hybridized carbons (Fsp3) is 0.333. The van der Waals surface area contributed by atoms with Gasteiger partial charge in [0, 0.05) is 37.9 Å². The smallest absolute Gasteiger partial charge is 0.253 e. The average Bonchev–Trinajstić information content (AvgIpc) is 2.58. The van der Waals surface area contributed by atoms with Crippen LogP contribution < -0.4 is 15.5 Å². The van der Waals surface area contributed by atoms with Gasteiger partial charge in [0.15, 0.2) is 0 Å². The van der Waals surface area contributed by atoms with Crippen LogP contribution in [0.25, 0.3) is 0 Å². The van der Waals surface area contributed by atoms with Crippen LogP contribution >= 0.6 is 0 Å². The lowest BCUT2D eigenvalue weighted by Crippen LogP contribution is -2.29. The summed E-state index contributed by atoms with van der Waals surface area (Å²) in [6.07, 6.45) is 3.02. The van der Waals surface area contributed by atoms with Crippen molar-refractivity contribution < 1.29 is 9.59 Å². The van der Waals surface area contributed by atoms with Gasteiger partial charge < -0.3 is 15.5 Å². The number of carbonyl (C=O) groups excluding carboxylic acids is 2. The molecule has 0 spiro atoms. The quantitative estimate of drug-likeness (QED) is 0.838. The maximum Gasteiger partial charge on any atom is 0.253 e. The third kappa shape index (κ3) is 4.23. The first-order chi connectivity index (χ1) is 12.5. The minimum atomic E-state index is -0.155. The summed E-state index contributed by atoms with van der Waals surface area (Å²) in [5.74, 6) is 0.000625. The summed E-state index contributed by atoms with van der Waals surface area (Å²) >= 11 is 0. The molecule has 1 fully saturated rings. The van der Waals surface area contributed by atoms with Crippen LogP contribution in [0.15, 0.2) is 48.5 Å². The molecule has 0 saturated heterocycles. The molecule has 0 unspecified atom stereocenters. The van der Waals surface area contributed by atoms with Gasteiger partial charge in [-0.25, -0.2) is 0 Å². The predicted octanol–water partition coefficient (Wildman–Crippen LogP) is 3.42. The standard InChI is InChI=1S/C21H25N3O2/c1-24(2)19-12-11-17(23-20(25)16-9-6-10-16)13-18(19)21(26)22-14-15-7-4-3-5-8-15/h3-5,7-8,11-13,16H,6,9-10,14H2,1-2H3,(H,22,26)(H,23,25). The lowest BCUT2D eigenvalue weighted by molar-refractivity contribution is -0.122. The third-order valence-electron chi connectivity index (χ3n) is 4.76. The number of hydrogen-bond donors (Lipinski definition) is 2. The Labute approximate surface area is 154 Å². The van der Waals surface area contributed by atoms with E-state index in [9.17, 15) is 9.59 Å². The van der Waals surface area contributed by atoms with Crippen molar-refractivity contribution in [3.8, 4) is 0 Å². The fourth-order valence-electron chi connectivity index (χ4n) is 2.97. The van der Waals surface area contributed by atoms with Crippen LogP contribution in [0.5, 0.6) is 0 Å². The van der Waals surface area contributed by atoms with E-state index in [-0.39, 0.29) is 17.7 Å². The molecule has 2 aromatic rings. The van der Waals surface area contributed by atoms with Crippen molar-refractivity contribution in [2.24, 2.45) is 5.92 Å². The van der Waals surface area contributed by atoms with E-state index in [0.29, 0.717) is 17.8 Å². The van der Waals surface area contributed by atoms with Gasteiger partial charge in [0.2, 0.25) is 5.91 Å². The van der Waals surface area contributed by atoms with Crippen molar-refractivity contribution >= 4 is 23.2 Å². The largest absolute Gasteiger partial charge is 0.377 e. The number of benzene rings is 2. The molecular formula is C21H25N3O2. The minimum absolute atomic E-state index is 0.0458. The highest BCUT2D eigenvalue weighted by Gasteiger charge is 2.25. The number of hydrogen-bond acceptors (Lipinski definition) is 3. The highest BCUT2D eigenvalue weighted by Crippen LogP contribution is 2.29. The van der Waals surface area contributed by atoms with E-state index < -0.39 is 0 Å². The van der Waals surface area contributed by atoms with Crippen LogP contribution in [0, 0.1) is 5.92 Å². The number of nitrogens with zero attached hydrogens (tertiary/aromatic N) is 1. The van der Waals surface area contributed by atoms with E-state index in [1.165, 1.54) is 0 Å². The van der Waals surface area contributed by atoms with Gasteiger partial charge in [0.1, 0.15) is 0 Å². The maximum atomic E-state index is 12.7. The molecule has 1 saturated carbocycles. The summed E-state index contributed by atoms with van der Waals surface area (Å²) in [5.41, 5.74) is 3.08. The molecule has 0 aromatic heterocycles. The summed E-state index contributed by atoms with van der Waals surface area (Å²) < 4.78 is 0. The summed E-state index contributed by atoms with van der Waals surface area (Å²) in [4.78, 5) is 26.8. The number of rotatable bonds is 6. The van der Waals surface area contributed by atoms with Crippen LogP contribution in [0.4, 0.5) is 11.4 Å². The van der Waals surface area contributed by atoms with Crippen molar-refractivity contribution in [2.75, 3.05) is 24.3 Å². The van der Waals surface area contributed by atoms with Gasteiger partial charge >= 0.3 is 0 Å². The van der Waals surface area contributed by atoms with Crippen molar-refractivity contribution in [2.45, 2.75) is 25.8 Å². The Balaban J connectivity index is 1.74. The zero-order chi connectivity index (χ0) is 18.5. The first kappa shape index (κ1) is 18.0. The Kier molecular flexibility index (Phi) is 5.56. The zero-order valence-electron chi connectivity index (χ0n) is 15.3. The first-order valence-corrected chi connectivity index (χ1v) is 8.99. The molecule has 0 aliphatic heterocycles. The molecule has 0 radical (unpaired) electrons. The van der Waals surface area contributed by atoms with Gasteiger partial charge in [-0.15, -0.1) is 0 Å². The molecule has 0 heterocycles. The number of amides is 2. The molecule has 2 N–H and O–H groups in total. The molecule has 0 atom stereocenters. The molecule has 2 aromatic carbocycles. The highest BCUT2D eigenvalue weighted by atomic mass is 16.2. The second-order valence-electron chi connectivity index (χ2n) is 6.91. The lowest BCUT2D eigenvalue weighted by Gasteiger charge is -2.24. The summed E-state index contributed by atoms with van der Waals surface area (Å²) in [6.45, 7) is 0.463. The van der Waals surface area contributed by atoms with Crippen molar-refractivity contribution in [3.63, 3.8) is 0 Å². The highest BCUT2D eigenvalue weighted by molar-refractivity contribution is 6.02. The Hall–Kier alpha value is -2.82. The van der Waals surface area contributed by atoms with Crippen LogP contribution in [0.2, 0.25) is 0 Å². The number of nitrogens with one attached hydrogen (secondary N) is 2. The molecule has 5 heteroatoms. The summed E-state index contributed by atoms with van der Waals surface area (Å²) in [5, 5.41) is 5.90. The van der Waals surface area contributed by atoms with E-state index in [1.807, 2.05) is 61.5 Å².